The largest absolute Gasteiger partial charge is 0.481 e. The van der Waals surface area contributed by atoms with E-state index in [-0.39, 0.29) is 13.0 Å². The Morgan fingerprint density at radius 3 is 2.19 bits per heavy atom. The van der Waals surface area contributed by atoms with Gasteiger partial charge in [0.2, 0.25) is 0 Å². The van der Waals surface area contributed by atoms with Gasteiger partial charge in [0.05, 0.1) is 18.7 Å². The van der Waals surface area contributed by atoms with E-state index >= 15 is 0 Å². The van der Waals surface area contributed by atoms with E-state index in [2.05, 4.69) is 29.2 Å². The van der Waals surface area contributed by atoms with Gasteiger partial charge in [-0.25, -0.2) is 4.79 Å². The summed E-state index contributed by atoms with van der Waals surface area (Å²) in [7, 11) is 0. The van der Waals surface area contributed by atoms with Crippen LogP contribution in [0.1, 0.15) is 67.9 Å². The summed E-state index contributed by atoms with van der Waals surface area (Å²) < 4.78 is 5.44. The highest BCUT2D eigenvalue weighted by atomic mass is 16.5. The summed E-state index contributed by atoms with van der Waals surface area (Å²) in [5.41, 5.74) is 2.55. The van der Waals surface area contributed by atoms with Crippen LogP contribution in [0.25, 0.3) is 0 Å². The average molecular weight is 444 g/mol. The zero-order chi connectivity index (χ0) is 23.2. The first kappa shape index (κ1) is 25.5. The van der Waals surface area contributed by atoms with E-state index in [4.69, 9.17) is 9.84 Å². The number of hydrogen-bond acceptors (Lipinski definition) is 5. The highest BCUT2D eigenvalue weighted by Crippen LogP contribution is 2.25. The van der Waals surface area contributed by atoms with Gasteiger partial charge in [0.1, 0.15) is 6.10 Å². The molecule has 0 spiro atoms. The molecule has 1 aromatic carbocycles. The zero-order valence-electron chi connectivity index (χ0n) is 18.4. The lowest BCUT2D eigenvalue weighted by molar-refractivity contribution is -0.157. The van der Waals surface area contributed by atoms with Crippen LogP contribution in [0.4, 0.5) is 0 Å². The minimum atomic E-state index is -1.82. The normalized spacial score (nSPS) is 12.9. The van der Waals surface area contributed by atoms with E-state index < -0.39 is 24.1 Å². The van der Waals surface area contributed by atoms with E-state index in [1.807, 2.05) is 12.1 Å². The predicted octanol–water partition coefficient (Wildman–Crippen LogP) is 4.19. The third-order valence-corrected chi connectivity index (χ3v) is 5.35. The van der Waals surface area contributed by atoms with Crippen LogP contribution in [0.3, 0.4) is 0 Å². The molecule has 0 fully saturated rings. The Bertz CT molecular complexity index is 826. The molecule has 0 aliphatic heterocycles. The van der Waals surface area contributed by atoms with Crippen molar-refractivity contribution in [2.45, 2.75) is 70.0 Å². The molecule has 7 heteroatoms. The van der Waals surface area contributed by atoms with E-state index in [0.717, 1.165) is 31.2 Å². The van der Waals surface area contributed by atoms with Crippen molar-refractivity contribution >= 4 is 11.9 Å². The number of aliphatic hydroxyl groups excluding tert-OH is 1. The third-order valence-electron chi connectivity index (χ3n) is 5.35. The smallest absolute Gasteiger partial charge is 0.335 e. The number of pyridine rings is 1. The molecule has 2 rings (SSSR count). The monoisotopic (exact) mass is 443 g/mol. The number of aliphatic hydroxyl groups is 1. The molecule has 0 bridgehead atoms. The van der Waals surface area contributed by atoms with Crippen molar-refractivity contribution in [3.63, 3.8) is 0 Å². The number of carboxylic acid groups (broad SMARTS) is 2. The molecule has 7 nitrogen and oxygen atoms in total. The number of aryl methyl sites for hydroxylation is 2. The number of unbranched alkanes of at least 4 members (excludes halogenated alkanes) is 5. The molecular weight excluding hydrogens is 410 g/mol. The summed E-state index contributed by atoms with van der Waals surface area (Å²) in [6, 6.07) is 14.1. The molecule has 0 aliphatic rings. The number of benzene rings is 1. The fourth-order valence-electron chi connectivity index (χ4n) is 3.64. The standard InChI is InChI=1S/C25H33NO6/c27-21(28)16-18-32-24(23(29)25(30)31)22-20(15-10-17-26-22)14-9-4-2-1-3-6-11-19-12-7-5-8-13-19/h5,7-8,10,12-13,15,17,23-24,29H,1-4,6,9,11,14,16,18H2,(H,27,28)(H,30,31). The van der Waals surface area contributed by atoms with Crippen LogP contribution in [0.5, 0.6) is 0 Å². The van der Waals surface area contributed by atoms with Crippen molar-refractivity contribution in [1.82, 2.24) is 4.98 Å². The predicted molar refractivity (Wildman–Crippen MR) is 120 cm³/mol. The Balaban J connectivity index is 1.80. The van der Waals surface area contributed by atoms with Gasteiger partial charge in [0.15, 0.2) is 6.10 Å². The molecule has 1 heterocycles. The number of carboxylic acids is 2. The lowest BCUT2D eigenvalue weighted by Gasteiger charge is -2.22. The maximum Gasteiger partial charge on any atom is 0.335 e. The van der Waals surface area contributed by atoms with Gasteiger partial charge in [-0.1, -0.05) is 62.1 Å². The number of nitrogens with zero attached hydrogens (tertiary/aromatic N) is 1. The second kappa shape index (κ2) is 14.3. The first-order valence-corrected chi connectivity index (χ1v) is 11.2. The topological polar surface area (TPSA) is 117 Å². The second-order valence-electron chi connectivity index (χ2n) is 7.87. The Hall–Kier alpha value is -2.77. The fourth-order valence-corrected chi connectivity index (χ4v) is 3.64. The summed E-state index contributed by atoms with van der Waals surface area (Å²) in [6.45, 7) is -0.205. The van der Waals surface area contributed by atoms with Crippen LogP contribution in [0.2, 0.25) is 0 Å². The van der Waals surface area contributed by atoms with Gasteiger partial charge < -0.3 is 20.1 Å². The molecule has 2 unspecified atom stereocenters. The number of ether oxygens (including phenoxy) is 1. The third kappa shape index (κ3) is 9.16. The van der Waals surface area contributed by atoms with Crippen molar-refractivity contribution in [1.29, 1.82) is 0 Å². The maximum atomic E-state index is 11.3. The summed E-state index contributed by atoms with van der Waals surface area (Å²) in [5, 5.41) is 28.1. The summed E-state index contributed by atoms with van der Waals surface area (Å²) in [4.78, 5) is 26.3. The molecule has 3 N–H and O–H groups in total. The minimum Gasteiger partial charge on any atom is -0.481 e. The Morgan fingerprint density at radius 2 is 1.53 bits per heavy atom. The van der Waals surface area contributed by atoms with Crippen LogP contribution < -0.4 is 0 Å². The molecule has 0 aliphatic carbocycles. The Labute approximate surface area is 189 Å². The molecule has 0 amide bonds. The molecule has 0 saturated carbocycles. The zero-order valence-corrected chi connectivity index (χ0v) is 18.4. The van der Waals surface area contributed by atoms with Crippen LogP contribution in [0, 0.1) is 0 Å². The molecule has 0 radical (unpaired) electrons. The van der Waals surface area contributed by atoms with Gasteiger partial charge in [-0.05, 0) is 42.9 Å². The molecule has 2 aromatic rings. The van der Waals surface area contributed by atoms with Crippen LogP contribution >= 0.6 is 0 Å². The number of rotatable bonds is 16. The summed E-state index contributed by atoms with van der Waals surface area (Å²) in [6.07, 6.45) is 6.65. The van der Waals surface area contributed by atoms with Gasteiger partial charge in [-0.15, -0.1) is 0 Å². The highest BCUT2D eigenvalue weighted by Gasteiger charge is 2.31. The summed E-state index contributed by atoms with van der Waals surface area (Å²) in [5.74, 6) is -2.49. The van der Waals surface area contributed by atoms with Crippen molar-refractivity contribution in [2.24, 2.45) is 0 Å². The molecule has 2 atom stereocenters. The Kier molecular flexibility index (Phi) is 11.4. The number of aliphatic carboxylic acids is 2. The quantitative estimate of drug-likeness (QED) is 0.333. The molecule has 174 valence electrons. The maximum absolute atomic E-state index is 11.3. The average Bonchev–Trinajstić information content (AvgIpc) is 2.79. The number of aromatic nitrogens is 1. The van der Waals surface area contributed by atoms with Crippen LogP contribution in [-0.4, -0.2) is 45.0 Å². The second-order valence-corrected chi connectivity index (χ2v) is 7.87. The van der Waals surface area contributed by atoms with Gasteiger partial charge >= 0.3 is 11.9 Å². The first-order chi connectivity index (χ1) is 15.5. The number of carbonyl (C=O) groups is 2. The highest BCUT2D eigenvalue weighted by molar-refractivity contribution is 5.73. The van der Waals surface area contributed by atoms with Gasteiger partial charge in [0, 0.05) is 6.20 Å². The van der Waals surface area contributed by atoms with Crippen LogP contribution in [-0.2, 0) is 27.2 Å². The van der Waals surface area contributed by atoms with Gasteiger partial charge in [-0.2, -0.15) is 0 Å². The number of hydrogen-bond donors (Lipinski definition) is 3. The molecule has 1 aromatic heterocycles. The van der Waals surface area contributed by atoms with Gasteiger partial charge in [0.25, 0.3) is 0 Å². The SMILES string of the molecule is O=C(O)CCOC(c1ncccc1CCCCCCCCc1ccccc1)C(O)C(=O)O. The molecular formula is C25H33NO6. The van der Waals surface area contributed by atoms with Crippen molar-refractivity contribution in [3.05, 3.63) is 65.5 Å². The summed E-state index contributed by atoms with van der Waals surface area (Å²) >= 11 is 0. The van der Waals surface area contributed by atoms with Crippen molar-refractivity contribution < 1.29 is 29.6 Å². The Morgan fingerprint density at radius 1 is 0.875 bits per heavy atom. The van der Waals surface area contributed by atoms with Crippen molar-refractivity contribution in [3.8, 4) is 0 Å². The van der Waals surface area contributed by atoms with E-state index in [1.54, 1.807) is 6.07 Å². The van der Waals surface area contributed by atoms with Crippen LogP contribution in [0.15, 0.2) is 48.7 Å². The minimum absolute atomic E-state index is 0.205. The molecule has 0 saturated heterocycles. The molecule has 32 heavy (non-hydrogen) atoms. The fraction of sp³-hybridized carbons (Fsp3) is 0.480. The van der Waals surface area contributed by atoms with Gasteiger partial charge in [-0.3, -0.25) is 9.78 Å². The lowest BCUT2D eigenvalue weighted by atomic mass is 9.99. The van der Waals surface area contributed by atoms with E-state index in [1.165, 1.54) is 31.0 Å². The van der Waals surface area contributed by atoms with Crippen molar-refractivity contribution in [2.75, 3.05) is 6.61 Å². The van der Waals surface area contributed by atoms with E-state index in [0.29, 0.717) is 12.1 Å². The lowest BCUT2D eigenvalue weighted by Crippen LogP contribution is -2.31. The first-order valence-electron chi connectivity index (χ1n) is 11.2. The van der Waals surface area contributed by atoms with E-state index in [9.17, 15) is 19.8 Å².